The second-order valence-electron chi connectivity index (χ2n) is 6.05. The van der Waals surface area contributed by atoms with Gasteiger partial charge in [-0.2, -0.15) is 0 Å². The molecule has 1 atom stereocenters. The van der Waals surface area contributed by atoms with Crippen molar-refractivity contribution in [2.75, 3.05) is 18.5 Å². The molecule has 1 heterocycles. The van der Waals surface area contributed by atoms with E-state index in [0.717, 1.165) is 0 Å². The molecule has 0 bridgehead atoms. The number of likely N-dealkylation sites (N-methyl/N-ethyl adjacent to an activating group) is 1. The zero-order valence-corrected chi connectivity index (χ0v) is 14.1. The molecule has 0 unspecified atom stereocenters. The molecule has 3 rings (SSSR count). The Morgan fingerprint density at radius 2 is 1.85 bits per heavy atom. The molecule has 2 aromatic rings. The minimum atomic E-state index is -1.13. The molecule has 6 nitrogen and oxygen atoms in total. The number of para-hydroxylation sites is 1. The van der Waals surface area contributed by atoms with E-state index in [2.05, 4.69) is 0 Å². The molecule has 134 valence electrons. The second-order valence-corrected chi connectivity index (χ2v) is 6.05. The second kappa shape index (κ2) is 6.95. The zero-order chi connectivity index (χ0) is 18.8. The van der Waals surface area contributed by atoms with Gasteiger partial charge in [0.2, 0.25) is 5.91 Å². The van der Waals surface area contributed by atoms with Gasteiger partial charge < -0.3 is 14.9 Å². The normalized spacial score (nSPS) is 16.6. The van der Waals surface area contributed by atoms with Crippen molar-refractivity contribution in [3.63, 3.8) is 0 Å². The summed E-state index contributed by atoms with van der Waals surface area (Å²) in [4.78, 5) is 39.0. The number of carbonyl (C=O) groups is 3. The van der Waals surface area contributed by atoms with Crippen LogP contribution in [0, 0.1) is 5.82 Å². The largest absolute Gasteiger partial charge is 0.478 e. The molecule has 1 fully saturated rings. The highest BCUT2D eigenvalue weighted by Gasteiger charge is 2.38. The van der Waals surface area contributed by atoms with Crippen molar-refractivity contribution in [1.82, 2.24) is 4.90 Å². The van der Waals surface area contributed by atoms with E-state index in [9.17, 15) is 18.8 Å². The summed E-state index contributed by atoms with van der Waals surface area (Å²) in [6, 6.07) is 10.9. The van der Waals surface area contributed by atoms with Crippen molar-refractivity contribution in [3.8, 4) is 0 Å². The number of halogens is 1. The molecule has 0 radical (unpaired) electrons. The topological polar surface area (TPSA) is 77.9 Å². The van der Waals surface area contributed by atoms with Crippen molar-refractivity contribution >= 4 is 23.5 Å². The maximum atomic E-state index is 14.0. The van der Waals surface area contributed by atoms with Gasteiger partial charge in [0.15, 0.2) is 0 Å². The van der Waals surface area contributed by atoms with Crippen molar-refractivity contribution in [3.05, 3.63) is 65.5 Å². The molecule has 0 saturated carbocycles. The number of aromatic carboxylic acids is 1. The summed E-state index contributed by atoms with van der Waals surface area (Å²) in [6.07, 6.45) is 0.369. The van der Waals surface area contributed by atoms with Crippen LogP contribution in [-0.2, 0) is 4.79 Å². The van der Waals surface area contributed by atoms with E-state index >= 15 is 0 Å². The summed E-state index contributed by atoms with van der Waals surface area (Å²) in [5.41, 5.74) is 0.369. The Labute approximate surface area is 149 Å². The highest BCUT2D eigenvalue weighted by atomic mass is 19.1. The van der Waals surface area contributed by atoms with Crippen LogP contribution in [0.15, 0.2) is 48.5 Å². The minimum absolute atomic E-state index is 0.00465. The first-order valence-electron chi connectivity index (χ1n) is 8.06. The van der Waals surface area contributed by atoms with Gasteiger partial charge in [-0.3, -0.25) is 9.59 Å². The lowest BCUT2D eigenvalue weighted by Gasteiger charge is -2.24. The summed E-state index contributed by atoms with van der Waals surface area (Å²) in [5, 5.41) is 9.05. The first kappa shape index (κ1) is 17.6. The molecule has 7 heteroatoms. The average Bonchev–Trinajstić information content (AvgIpc) is 3.02. The van der Waals surface area contributed by atoms with Gasteiger partial charge in [0, 0.05) is 19.2 Å². The van der Waals surface area contributed by atoms with Crippen LogP contribution in [0.3, 0.4) is 0 Å². The lowest BCUT2D eigenvalue weighted by Crippen LogP contribution is -2.43. The number of anilines is 1. The average molecular weight is 356 g/mol. The van der Waals surface area contributed by atoms with Crippen molar-refractivity contribution in [2.45, 2.75) is 12.5 Å². The number of benzene rings is 2. The Kier molecular flexibility index (Phi) is 4.71. The summed E-state index contributed by atoms with van der Waals surface area (Å²) in [7, 11) is 1.49. The van der Waals surface area contributed by atoms with Crippen molar-refractivity contribution in [2.24, 2.45) is 0 Å². The summed E-state index contributed by atoms with van der Waals surface area (Å²) in [5.74, 6) is -2.45. The number of rotatable bonds is 4. The predicted octanol–water partition coefficient (Wildman–Crippen LogP) is 2.40. The predicted molar refractivity (Wildman–Crippen MR) is 92.7 cm³/mol. The van der Waals surface area contributed by atoms with Gasteiger partial charge in [-0.15, -0.1) is 0 Å². The minimum Gasteiger partial charge on any atom is -0.478 e. The van der Waals surface area contributed by atoms with E-state index in [-0.39, 0.29) is 22.7 Å². The molecule has 2 amide bonds. The summed E-state index contributed by atoms with van der Waals surface area (Å²) < 4.78 is 14.0. The molecule has 1 aliphatic rings. The fourth-order valence-electron chi connectivity index (χ4n) is 3.06. The van der Waals surface area contributed by atoms with Gasteiger partial charge in [0.1, 0.15) is 11.9 Å². The number of nitrogens with zero attached hydrogens (tertiary/aromatic N) is 2. The van der Waals surface area contributed by atoms with E-state index in [1.807, 2.05) is 0 Å². The number of carboxylic acid groups (broad SMARTS) is 1. The van der Waals surface area contributed by atoms with Gasteiger partial charge in [0.25, 0.3) is 5.91 Å². The van der Waals surface area contributed by atoms with Gasteiger partial charge in [0.05, 0.1) is 11.3 Å². The van der Waals surface area contributed by atoms with Crippen LogP contribution >= 0.6 is 0 Å². The lowest BCUT2D eigenvalue weighted by atomic mass is 10.1. The van der Waals surface area contributed by atoms with Crippen LogP contribution in [0.1, 0.15) is 27.1 Å². The smallest absolute Gasteiger partial charge is 0.335 e. The van der Waals surface area contributed by atoms with Gasteiger partial charge in [-0.25, -0.2) is 9.18 Å². The fraction of sp³-hybridized carbons (Fsp3) is 0.211. The third-order valence-electron chi connectivity index (χ3n) is 4.46. The Hall–Kier alpha value is -3.22. The Balaban J connectivity index is 1.80. The SMILES string of the molecule is CN(C(=O)c1cccc(C(=O)O)c1)[C@H]1CCN(c2ccccc2F)C1=O. The third-order valence-corrected chi connectivity index (χ3v) is 4.46. The van der Waals surface area contributed by atoms with Crippen LogP contribution in [0.2, 0.25) is 0 Å². The summed E-state index contributed by atoms with van der Waals surface area (Å²) in [6.45, 7) is 0.303. The van der Waals surface area contributed by atoms with Crippen LogP contribution in [0.25, 0.3) is 0 Å². The van der Waals surface area contributed by atoms with Gasteiger partial charge in [-0.1, -0.05) is 18.2 Å². The number of hydrogen-bond acceptors (Lipinski definition) is 3. The van der Waals surface area contributed by atoms with Gasteiger partial charge >= 0.3 is 5.97 Å². The van der Waals surface area contributed by atoms with Crippen LogP contribution < -0.4 is 4.90 Å². The third kappa shape index (κ3) is 3.15. The molecule has 1 aliphatic heterocycles. The first-order chi connectivity index (χ1) is 12.4. The van der Waals surface area contributed by atoms with Gasteiger partial charge in [-0.05, 0) is 36.8 Å². The number of carboxylic acids is 1. The number of hydrogen-bond donors (Lipinski definition) is 1. The van der Waals surface area contributed by atoms with E-state index < -0.39 is 23.7 Å². The molecule has 2 aromatic carbocycles. The quantitative estimate of drug-likeness (QED) is 0.913. The van der Waals surface area contributed by atoms with Crippen molar-refractivity contribution < 1.29 is 23.9 Å². The van der Waals surface area contributed by atoms with E-state index in [1.165, 1.54) is 53.2 Å². The molecular formula is C19H17FN2O4. The highest BCUT2D eigenvalue weighted by molar-refractivity contribution is 6.04. The van der Waals surface area contributed by atoms with Crippen LogP contribution in [0.5, 0.6) is 0 Å². The highest BCUT2D eigenvalue weighted by Crippen LogP contribution is 2.27. The number of amides is 2. The number of carbonyl (C=O) groups excluding carboxylic acids is 2. The molecule has 1 N–H and O–H groups in total. The van der Waals surface area contributed by atoms with Crippen LogP contribution in [-0.4, -0.2) is 47.4 Å². The van der Waals surface area contributed by atoms with Crippen molar-refractivity contribution in [1.29, 1.82) is 0 Å². The first-order valence-corrected chi connectivity index (χ1v) is 8.06. The van der Waals surface area contributed by atoms with Crippen LogP contribution in [0.4, 0.5) is 10.1 Å². The molecule has 0 spiro atoms. The monoisotopic (exact) mass is 356 g/mol. The molecule has 26 heavy (non-hydrogen) atoms. The Morgan fingerprint density at radius 1 is 1.15 bits per heavy atom. The maximum absolute atomic E-state index is 14.0. The summed E-state index contributed by atoms with van der Waals surface area (Å²) >= 11 is 0. The zero-order valence-electron chi connectivity index (χ0n) is 14.1. The Bertz CT molecular complexity index is 883. The molecule has 0 aromatic heterocycles. The molecular weight excluding hydrogens is 339 g/mol. The van der Waals surface area contributed by atoms with E-state index in [4.69, 9.17) is 5.11 Å². The van der Waals surface area contributed by atoms with E-state index in [0.29, 0.717) is 13.0 Å². The fourth-order valence-corrected chi connectivity index (χ4v) is 3.06. The molecule has 0 aliphatic carbocycles. The maximum Gasteiger partial charge on any atom is 0.335 e. The Morgan fingerprint density at radius 3 is 2.54 bits per heavy atom. The lowest BCUT2D eigenvalue weighted by molar-refractivity contribution is -0.120. The molecule has 1 saturated heterocycles. The van der Waals surface area contributed by atoms with E-state index in [1.54, 1.807) is 12.1 Å². The standard InChI is InChI=1S/C19H17FN2O4/c1-21(17(23)12-5-4-6-13(11-12)19(25)26)16-9-10-22(18(16)24)15-8-3-2-7-14(15)20/h2-8,11,16H,9-10H2,1H3,(H,25,26)/t16-/m0/s1.